The Labute approximate surface area is 189 Å². The van der Waals surface area contributed by atoms with Gasteiger partial charge in [-0.05, 0) is 45.0 Å². The minimum Gasteiger partial charge on any atom is -0.490 e. The van der Waals surface area contributed by atoms with Gasteiger partial charge in [0, 0.05) is 5.56 Å². The molecule has 0 atom stereocenters. The summed E-state index contributed by atoms with van der Waals surface area (Å²) in [6.07, 6.45) is 1.39. The standard InChI is InChI=1S/C23H23N5O5/c1-4-30-18-11-14(12-19(31-5-2)20(18)32-6-3)22-27-28-23(33-22)26-21(29)17-13-24-15-9-7-8-10-16(15)25-17/h7-13H,4-6H2,1-3H3,(H,26,28,29). The molecule has 4 aromatic rings. The van der Waals surface area contributed by atoms with Crippen LogP contribution in [0, 0.1) is 0 Å². The van der Waals surface area contributed by atoms with Gasteiger partial charge in [0.1, 0.15) is 5.69 Å². The van der Waals surface area contributed by atoms with E-state index in [1.165, 1.54) is 6.20 Å². The Morgan fingerprint density at radius 1 is 0.939 bits per heavy atom. The van der Waals surface area contributed by atoms with Crippen LogP contribution < -0.4 is 19.5 Å². The maximum Gasteiger partial charge on any atom is 0.322 e. The van der Waals surface area contributed by atoms with Gasteiger partial charge < -0.3 is 18.6 Å². The number of nitrogens with one attached hydrogen (secondary N) is 1. The van der Waals surface area contributed by atoms with Gasteiger partial charge in [-0.15, -0.1) is 5.10 Å². The Kier molecular flexibility index (Phi) is 6.63. The van der Waals surface area contributed by atoms with Crippen LogP contribution in [0.1, 0.15) is 31.3 Å². The van der Waals surface area contributed by atoms with E-state index in [1.54, 1.807) is 18.2 Å². The van der Waals surface area contributed by atoms with Gasteiger partial charge in [-0.1, -0.05) is 17.2 Å². The number of hydrogen-bond acceptors (Lipinski definition) is 9. The Morgan fingerprint density at radius 2 is 1.61 bits per heavy atom. The summed E-state index contributed by atoms with van der Waals surface area (Å²) in [5, 5.41) is 10.5. The van der Waals surface area contributed by atoms with E-state index in [-0.39, 0.29) is 17.6 Å². The van der Waals surface area contributed by atoms with Gasteiger partial charge >= 0.3 is 6.01 Å². The number of rotatable bonds is 9. The van der Waals surface area contributed by atoms with Crippen LogP contribution in [0.25, 0.3) is 22.5 Å². The molecule has 10 heteroatoms. The lowest BCUT2D eigenvalue weighted by Gasteiger charge is -2.16. The van der Waals surface area contributed by atoms with Crippen LogP contribution in [-0.4, -0.2) is 45.9 Å². The van der Waals surface area contributed by atoms with Crippen LogP contribution in [0.4, 0.5) is 6.01 Å². The topological polar surface area (TPSA) is 121 Å². The largest absolute Gasteiger partial charge is 0.490 e. The molecule has 170 valence electrons. The first kappa shape index (κ1) is 22.0. The molecular weight excluding hydrogens is 426 g/mol. The number of para-hydroxylation sites is 2. The molecule has 0 unspecified atom stereocenters. The first-order chi connectivity index (χ1) is 16.1. The fourth-order valence-electron chi connectivity index (χ4n) is 3.13. The molecule has 0 saturated heterocycles. The Hall–Kier alpha value is -4.21. The number of anilines is 1. The van der Waals surface area contributed by atoms with Crippen molar-refractivity contribution in [2.24, 2.45) is 0 Å². The predicted octanol–water partition coefficient (Wildman–Crippen LogP) is 4.13. The molecule has 2 aromatic carbocycles. The summed E-state index contributed by atoms with van der Waals surface area (Å²) in [6, 6.07) is 10.7. The van der Waals surface area contributed by atoms with E-state index in [9.17, 15) is 4.79 Å². The monoisotopic (exact) mass is 449 g/mol. The van der Waals surface area contributed by atoms with Crippen molar-refractivity contribution in [3.8, 4) is 28.7 Å². The van der Waals surface area contributed by atoms with Crippen LogP contribution in [0.15, 0.2) is 47.0 Å². The number of nitrogens with zero attached hydrogens (tertiary/aromatic N) is 4. The average Bonchev–Trinajstić information content (AvgIpc) is 3.29. The van der Waals surface area contributed by atoms with Gasteiger partial charge in [0.05, 0.1) is 37.1 Å². The van der Waals surface area contributed by atoms with Crippen molar-refractivity contribution in [2.45, 2.75) is 20.8 Å². The first-order valence-corrected chi connectivity index (χ1v) is 10.6. The number of fused-ring (bicyclic) bond motifs is 1. The lowest BCUT2D eigenvalue weighted by atomic mass is 10.2. The maximum atomic E-state index is 12.6. The third-order valence-corrected chi connectivity index (χ3v) is 4.48. The van der Waals surface area contributed by atoms with E-state index in [4.69, 9.17) is 18.6 Å². The van der Waals surface area contributed by atoms with Gasteiger partial charge in [-0.2, -0.15) is 0 Å². The molecule has 10 nitrogen and oxygen atoms in total. The highest BCUT2D eigenvalue weighted by molar-refractivity contribution is 6.02. The molecule has 0 bridgehead atoms. The molecule has 1 N–H and O–H groups in total. The molecule has 0 aliphatic heterocycles. The highest BCUT2D eigenvalue weighted by Crippen LogP contribution is 2.41. The zero-order valence-corrected chi connectivity index (χ0v) is 18.5. The number of benzene rings is 2. The summed E-state index contributed by atoms with van der Waals surface area (Å²) in [5.74, 6) is 1.17. The quantitative estimate of drug-likeness (QED) is 0.402. The van der Waals surface area contributed by atoms with E-state index in [1.807, 2.05) is 39.0 Å². The van der Waals surface area contributed by atoms with E-state index in [2.05, 4.69) is 25.5 Å². The fourth-order valence-corrected chi connectivity index (χ4v) is 3.13. The number of aromatic nitrogens is 4. The second-order valence-corrected chi connectivity index (χ2v) is 6.71. The molecule has 4 rings (SSSR count). The first-order valence-electron chi connectivity index (χ1n) is 10.6. The molecule has 0 saturated carbocycles. The van der Waals surface area contributed by atoms with Crippen molar-refractivity contribution in [1.29, 1.82) is 0 Å². The highest BCUT2D eigenvalue weighted by Gasteiger charge is 2.20. The predicted molar refractivity (Wildman–Crippen MR) is 121 cm³/mol. The van der Waals surface area contributed by atoms with Crippen molar-refractivity contribution < 1.29 is 23.4 Å². The summed E-state index contributed by atoms with van der Waals surface area (Å²) in [7, 11) is 0. The smallest absolute Gasteiger partial charge is 0.322 e. The van der Waals surface area contributed by atoms with Gasteiger partial charge in [-0.3, -0.25) is 15.1 Å². The molecule has 2 aromatic heterocycles. The van der Waals surface area contributed by atoms with Crippen molar-refractivity contribution >= 4 is 23.0 Å². The van der Waals surface area contributed by atoms with E-state index in [0.717, 1.165) is 0 Å². The number of carbonyl (C=O) groups is 1. The van der Waals surface area contributed by atoms with Gasteiger partial charge in [0.25, 0.3) is 5.91 Å². The van der Waals surface area contributed by atoms with Crippen molar-refractivity contribution in [2.75, 3.05) is 25.1 Å². The summed E-state index contributed by atoms with van der Waals surface area (Å²) in [6.45, 7) is 6.96. The lowest BCUT2D eigenvalue weighted by Crippen LogP contribution is -2.14. The van der Waals surface area contributed by atoms with E-state index >= 15 is 0 Å². The third kappa shape index (κ3) is 4.84. The Bertz CT molecular complexity index is 1250. The molecule has 2 heterocycles. The molecule has 0 spiro atoms. The number of carbonyl (C=O) groups excluding carboxylic acids is 1. The number of amides is 1. The molecule has 33 heavy (non-hydrogen) atoms. The molecule has 0 aliphatic carbocycles. The Morgan fingerprint density at radius 3 is 2.27 bits per heavy atom. The normalized spacial score (nSPS) is 10.8. The van der Waals surface area contributed by atoms with E-state index < -0.39 is 5.91 Å². The van der Waals surface area contributed by atoms with Gasteiger partial charge in [-0.25, -0.2) is 4.98 Å². The molecule has 1 amide bonds. The van der Waals surface area contributed by atoms with Crippen LogP contribution in [0.5, 0.6) is 17.2 Å². The van der Waals surface area contributed by atoms with Gasteiger partial charge in [0.2, 0.25) is 11.6 Å². The van der Waals surface area contributed by atoms with Crippen LogP contribution in [0.2, 0.25) is 0 Å². The second kappa shape index (κ2) is 9.94. The summed E-state index contributed by atoms with van der Waals surface area (Å²) in [5.41, 5.74) is 1.99. The van der Waals surface area contributed by atoms with Crippen LogP contribution in [0.3, 0.4) is 0 Å². The zero-order valence-electron chi connectivity index (χ0n) is 18.5. The summed E-state index contributed by atoms with van der Waals surface area (Å²) < 4.78 is 22.8. The number of ether oxygens (including phenoxy) is 3. The number of hydrogen-bond donors (Lipinski definition) is 1. The molecular formula is C23H23N5O5. The minimum absolute atomic E-state index is 0.0743. The maximum absolute atomic E-state index is 12.6. The van der Waals surface area contributed by atoms with Crippen molar-refractivity contribution in [3.63, 3.8) is 0 Å². The molecule has 0 aliphatic rings. The third-order valence-electron chi connectivity index (χ3n) is 4.48. The van der Waals surface area contributed by atoms with Crippen LogP contribution >= 0.6 is 0 Å². The second-order valence-electron chi connectivity index (χ2n) is 6.71. The van der Waals surface area contributed by atoms with Gasteiger partial charge in [0.15, 0.2) is 11.5 Å². The summed E-state index contributed by atoms with van der Waals surface area (Å²) in [4.78, 5) is 21.2. The van der Waals surface area contributed by atoms with Crippen molar-refractivity contribution in [1.82, 2.24) is 20.2 Å². The molecule has 0 fully saturated rings. The highest BCUT2D eigenvalue weighted by atomic mass is 16.5. The minimum atomic E-state index is -0.514. The summed E-state index contributed by atoms with van der Waals surface area (Å²) >= 11 is 0. The average molecular weight is 449 g/mol. The zero-order chi connectivity index (χ0) is 23.2. The van der Waals surface area contributed by atoms with E-state index in [0.29, 0.717) is 53.7 Å². The van der Waals surface area contributed by atoms with Crippen LogP contribution in [-0.2, 0) is 0 Å². The van der Waals surface area contributed by atoms with Crippen molar-refractivity contribution in [3.05, 3.63) is 48.3 Å². The SMILES string of the molecule is CCOc1cc(-c2nnc(NC(=O)c3cnc4ccccc4n3)o2)cc(OCC)c1OCC. The Balaban J connectivity index is 1.59. The molecule has 0 radical (unpaired) electrons. The fraction of sp³-hybridized carbons (Fsp3) is 0.261. The lowest BCUT2D eigenvalue weighted by molar-refractivity contribution is 0.101.